The van der Waals surface area contributed by atoms with Crippen LogP contribution in [-0.2, 0) is 18.3 Å². The summed E-state index contributed by atoms with van der Waals surface area (Å²) in [6.45, 7) is 4.83. The van der Waals surface area contributed by atoms with Crippen molar-refractivity contribution in [3.05, 3.63) is 93.4 Å². The molecule has 1 fully saturated rings. The summed E-state index contributed by atoms with van der Waals surface area (Å²) in [7, 11) is 3.65. The number of ether oxygens (including phenoxy) is 1. The SMILES string of the molecule is C[C@@H]1C(=O)N(C)CCN1CCOc1ccc(C#Cc2ccc(-c3cn(C)c(=O)c4c3C=CC4)cc2)cc1. The standard InChI is InChI=1S/C31H31N3O3/c1-22-30(35)32(2)17-18-34(22)19-20-37-26-15-11-24(12-16-26)8-7-23-9-13-25(14-10-23)29-21-33(3)31(36)28-6-4-5-27(28)29/h4-5,9-16,21-22H,6,17-20H2,1-3H3/t22-/m1/s1. The summed E-state index contributed by atoms with van der Waals surface area (Å²) < 4.78 is 7.56. The van der Waals surface area contributed by atoms with E-state index in [1.54, 1.807) is 16.5 Å². The number of rotatable bonds is 5. The van der Waals surface area contributed by atoms with E-state index < -0.39 is 0 Å². The number of aryl methyl sites for hydroxylation is 1. The molecular formula is C31H31N3O3. The fourth-order valence-electron chi connectivity index (χ4n) is 4.88. The van der Waals surface area contributed by atoms with Gasteiger partial charge < -0.3 is 14.2 Å². The molecule has 0 unspecified atom stereocenters. The van der Waals surface area contributed by atoms with Crippen LogP contribution in [0.15, 0.2) is 65.6 Å². The normalized spacial score (nSPS) is 16.9. The maximum atomic E-state index is 12.4. The van der Waals surface area contributed by atoms with Crippen LogP contribution in [0, 0.1) is 11.8 Å². The molecule has 1 amide bonds. The lowest BCUT2D eigenvalue weighted by Crippen LogP contribution is -2.55. The molecule has 0 radical (unpaired) electrons. The van der Waals surface area contributed by atoms with Gasteiger partial charge in [-0.05, 0) is 60.9 Å². The molecule has 0 N–H and O–H groups in total. The van der Waals surface area contributed by atoms with E-state index in [0.717, 1.165) is 58.8 Å². The fraction of sp³-hybridized carbons (Fsp3) is 0.290. The van der Waals surface area contributed by atoms with Gasteiger partial charge in [0, 0.05) is 62.2 Å². The predicted octanol–water partition coefficient (Wildman–Crippen LogP) is 3.56. The number of allylic oxidation sites excluding steroid dienone is 1. The summed E-state index contributed by atoms with van der Waals surface area (Å²) in [6, 6.07) is 15.8. The van der Waals surface area contributed by atoms with Crippen LogP contribution < -0.4 is 10.3 Å². The first kappa shape index (κ1) is 24.6. The number of nitrogens with zero attached hydrogens (tertiary/aromatic N) is 3. The van der Waals surface area contributed by atoms with E-state index in [1.807, 2.05) is 68.7 Å². The van der Waals surface area contributed by atoms with Crippen LogP contribution in [0.1, 0.15) is 29.2 Å². The molecule has 2 aromatic carbocycles. The zero-order valence-electron chi connectivity index (χ0n) is 21.5. The third-order valence-corrected chi connectivity index (χ3v) is 7.18. The van der Waals surface area contributed by atoms with Crippen LogP contribution >= 0.6 is 0 Å². The van der Waals surface area contributed by atoms with Gasteiger partial charge in [-0.25, -0.2) is 0 Å². The first-order valence-electron chi connectivity index (χ1n) is 12.6. The van der Waals surface area contributed by atoms with Crippen molar-refractivity contribution in [2.24, 2.45) is 7.05 Å². The highest BCUT2D eigenvalue weighted by atomic mass is 16.5. The predicted molar refractivity (Wildman–Crippen MR) is 146 cm³/mol. The molecule has 1 aliphatic heterocycles. The third kappa shape index (κ3) is 5.23. The Kier molecular flexibility index (Phi) is 6.98. The summed E-state index contributed by atoms with van der Waals surface area (Å²) in [5, 5.41) is 0. The average Bonchev–Trinajstić information content (AvgIpc) is 3.41. The molecule has 2 heterocycles. The Labute approximate surface area is 217 Å². The van der Waals surface area contributed by atoms with Crippen molar-refractivity contribution in [1.29, 1.82) is 0 Å². The molecule has 3 aromatic rings. The number of hydrogen-bond acceptors (Lipinski definition) is 4. The summed E-state index contributed by atoms with van der Waals surface area (Å²) in [4.78, 5) is 28.5. The van der Waals surface area contributed by atoms with Crippen LogP contribution in [0.3, 0.4) is 0 Å². The molecule has 1 aliphatic carbocycles. The van der Waals surface area contributed by atoms with Crippen LogP contribution in [0.4, 0.5) is 0 Å². The van der Waals surface area contributed by atoms with E-state index in [0.29, 0.717) is 13.0 Å². The number of likely N-dealkylation sites (N-methyl/N-ethyl adjacent to an activating group) is 1. The van der Waals surface area contributed by atoms with Crippen molar-refractivity contribution in [3.8, 4) is 28.7 Å². The zero-order valence-corrected chi connectivity index (χ0v) is 21.5. The summed E-state index contributed by atoms with van der Waals surface area (Å²) in [5.74, 6) is 7.40. The third-order valence-electron chi connectivity index (χ3n) is 7.18. The second-order valence-electron chi connectivity index (χ2n) is 9.63. The first-order chi connectivity index (χ1) is 17.9. The Hall–Kier alpha value is -4.08. The lowest BCUT2D eigenvalue weighted by Gasteiger charge is -2.37. The molecular weight excluding hydrogens is 462 g/mol. The van der Waals surface area contributed by atoms with Gasteiger partial charge in [0.1, 0.15) is 12.4 Å². The van der Waals surface area contributed by atoms with Crippen LogP contribution in [0.5, 0.6) is 5.75 Å². The number of aromatic nitrogens is 1. The van der Waals surface area contributed by atoms with Gasteiger partial charge in [-0.1, -0.05) is 36.1 Å². The van der Waals surface area contributed by atoms with Gasteiger partial charge in [0.2, 0.25) is 5.91 Å². The molecule has 0 spiro atoms. The Morgan fingerprint density at radius 2 is 1.62 bits per heavy atom. The minimum absolute atomic E-state index is 0.0729. The van der Waals surface area contributed by atoms with Crippen LogP contribution in [-0.4, -0.2) is 59.6 Å². The summed E-state index contributed by atoms with van der Waals surface area (Å²) in [6.07, 6.45) is 6.69. The summed E-state index contributed by atoms with van der Waals surface area (Å²) in [5.41, 5.74) is 5.93. The average molecular weight is 494 g/mol. The van der Waals surface area contributed by atoms with E-state index in [-0.39, 0.29) is 17.5 Å². The minimum atomic E-state index is -0.104. The van der Waals surface area contributed by atoms with Crippen molar-refractivity contribution >= 4 is 12.0 Å². The van der Waals surface area contributed by atoms with Crippen molar-refractivity contribution < 1.29 is 9.53 Å². The highest BCUT2D eigenvalue weighted by Crippen LogP contribution is 2.29. The maximum absolute atomic E-state index is 12.4. The molecule has 1 aromatic heterocycles. The zero-order chi connectivity index (χ0) is 25.9. The molecule has 6 heteroatoms. The lowest BCUT2D eigenvalue weighted by molar-refractivity contribution is -0.139. The number of carbonyl (C=O) groups is 1. The Morgan fingerprint density at radius 1 is 0.946 bits per heavy atom. The van der Waals surface area contributed by atoms with Crippen LogP contribution in [0.2, 0.25) is 0 Å². The molecule has 0 bridgehead atoms. The first-order valence-corrected chi connectivity index (χ1v) is 12.6. The van der Waals surface area contributed by atoms with Gasteiger partial charge >= 0.3 is 0 Å². The Morgan fingerprint density at radius 3 is 2.32 bits per heavy atom. The number of hydrogen-bond donors (Lipinski definition) is 0. The largest absolute Gasteiger partial charge is 0.492 e. The molecule has 188 valence electrons. The van der Waals surface area contributed by atoms with Gasteiger partial charge in [0.15, 0.2) is 0 Å². The van der Waals surface area contributed by atoms with Crippen molar-refractivity contribution in [2.45, 2.75) is 19.4 Å². The Balaban J connectivity index is 1.19. The molecule has 1 saturated heterocycles. The van der Waals surface area contributed by atoms with Crippen molar-refractivity contribution in [3.63, 3.8) is 0 Å². The van der Waals surface area contributed by atoms with E-state index in [1.165, 1.54) is 0 Å². The van der Waals surface area contributed by atoms with E-state index >= 15 is 0 Å². The number of carbonyl (C=O) groups excluding carboxylic acids is 1. The fourth-order valence-corrected chi connectivity index (χ4v) is 4.88. The summed E-state index contributed by atoms with van der Waals surface area (Å²) >= 11 is 0. The van der Waals surface area contributed by atoms with E-state index in [9.17, 15) is 9.59 Å². The molecule has 6 nitrogen and oxygen atoms in total. The molecule has 0 saturated carbocycles. The van der Waals surface area contributed by atoms with Crippen molar-refractivity contribution in [2.75, 3.05) is 33.3 Å². The molecule has 5 rings (SSSR count). The quantitative estimate of drug-likeness (QED) is 0.510. The lowest BCUT2D eigenvalue weighted by atomic mass is 9.98. The molecule has 37 heavy (non-hydrogen) atoms. The second kappa shape index (κ2) is 10.5. The topological polar surface area (TPSA) is 54.8 Å². The van der Waals surface area contributed by atoms with Gasteiger partial charge in [-0.15, -0.1) is 0 Å². The van der Waals surface area contributed by atoms with E-state index in [2.05, 4.69) is 28.9 Å². The smallest absolute Gasteiger partial charge is 0.254 e. The van der Waals surface area contributed by atoms with Gasteiger partial charge in [0.25, 0.3) is 5.56 Å². The molecule has 2 aliphatic rings. The second-order valence-corrected chi connectivity index (χ2v) is 9.63. The molecule has 1 atom stereocenters. The number of fused-ring (bicyclic) bond motifs is 1. The van der Waals surface area contributed by atoms with Gasteiger partial charge in [0.05, 0.1) is 6.04 Å². The number of benzene rings is 2. The van der Waals surface area contributed by atoms with Gasteiger partial charge in [-0.2, -0.15) is 0 Å². The number of piperazine rings is 1. The Bertz CT molecular complexity index is 1460. The van der Waals surface area contributed by atoms with Crippen molar-refractivity contribution in [1.82, 2.24) is 14.4 Å². The highest BCUT2D eigenvalue weighted by molar-refractivity contribution is 5.82. The van der Waals surface area contributed by atoms with E-state index in [4.69, 9.17) is 4.74 Å². The van der Waals surface area contributed by atoms with Gasteiger partial charge in [-0.3, -0.25) is 14.5 Å². The number of pyridine rings is 1. The van der Waals surface area contributed by atoms with Crippen LogP contribution in [0.25, 0.3) is 17.2 Å². The number of amides is 1. The maximum Gasteiger partial charge on any atom is 0.254 e. The highest BCUT2D eigenvalue weighted by Gasteiger charge is 2.28. The monoisotopic (exact) mass is 493 g/mol. The minimum Gasteiger partial charge on any atom is -0.492 e.